The smallest absolute Gasteiger partial charge is 0.0945 e. The molecule has 102 valence electrons. The van der Waals surface area contributed by atoms with Gasteiger partial charge in [0.2, 0.25) is 0 Å². The lowest BCUT2D eigenvalue weighted by atomic mass is 10.3. The molecule has 0 bridgehead atoms. The fourth-order valence-corrected chi connectivity index (χ4v) is 2.27. The third kappa shape index (κ3) is 4.08. The van der Waals surface area contributed by atoms with Crippen molar-refractivity contribution >= 4 is 0 Å². The van der Waals surface area contributed by atoms with Gasteiger partial charge in [0.1, 0.15) is 0 Å². The Morgan fingerprint density at radius 3 is 2.67 bits per heavy atom. The van der Waals surface area contributed by atoms with E-state index >= 15 is 0 Å². The van der Waals surface area contributed by atoms with Gasteiger partial charge in [0.25, 0.3) is 0 Å². The zero-order valence-electron chi connectivity index (χ0n) is 11.6. The highest BCUT2D eigenvalue weighted by Gasteiger charge is 2.12. The molecule has 0 radical (unpaired) electrons. The number of hydrogen-bond donors (Lipinski definition) is 1. The molecule has 5 heteroatoms. The van der Waals surface area contributed by atoms with Gasteiger partial charge in [0.15, 0.2) is 0 Å². The molecule has 2 rings (SSSR count). The van der Waals surface area contributed by atoms with Crippen molar-refractivity contribution in [2.24, 2.45) is 7.05 Å². The van der Waals surface area contributed by atoms with Crippen LogP contribution in [-0.2, 0) is 13.6 Å². The molecule has 0 aliphatic carbocycles. The van der Waals surface area contributed by atoms with Crippen LogP contribution in [0.3, 0.4) is 0 Å². The number of piperazine rings is 1. The highest BCUT2D eigenvalue weighted by Crippen LogP contribution is 2.00. The Labute approximate surface area is 110 Å². The summed E-state index contributed by atoms with van der Waals surface area (Å²) < 4.78 is 2.06. The number of aromatic nitrogens is 2. The van der Waals surface area contributed by atoms with Crippen molar-refractivity contribution in [1.29, 1.82) is 0 Å². The second-order valence-electron chi connectivity index (χ2n) is 5.17. The summed E-state index contributed by atoms with van der Waals surface area (Å²) in [5.41, 5.74) is 1.24. The first kappa shape index (κ1) is 13.5. The van der Waals surface area contributed by atoms with Gasteiger partial charge < -0.3 is 19.7 Å². The molecular formula is C13H25N5. The van der Waals surface area contributed by atoms with Crippen molar-refractivity contribution in [2.45, 2.75) is 13.0 Å². The lowest BCUT2D eigenvalue weighted by Gasteiger charge is -2.32. The second-order valence-corrected chi connectivity index (χ2v) is 5.17. The van der Waals surface area contributed by atoms with Gasteiger partial charge >= 0.3 is 0 Å². The molecule has 1 aliphatic rings. The minimum Gasteiger partial charge on any atom is -0.337 e. The number of hydrogen-bond acceptors (Lipinski definition) is 4. The number of nitrogens with zero attached hydrogens (tertiary/aromatic N) is 4. The van der Waals surface area contributed by atoms with Crippen LogP contribution in [0, 0.1) is 0 Å². The van der Waals surface area contributed by atoms with Gasteiger partial charge in [-0.25, -0.2) is 4.98 Å². The summed E-state index contributed by atoms with van der Waals surface area (Å²) in [6, 6.07) is 0. The predicted octanol–water partition coefficient (Wildman–Crippen LogP) is 0.147. The maximum atomic E-state index is 4.11. The molecule has 0 atom stereocenters. The zero-order chi connectivity index (χ0) is 12.8. The summed E-state index contributed by atoms with van der Waals surface area (Å²) in [7, 11) is 4.24. The maximum absolute atomic E-state index is 4.11. The van der Waals surface area contributed by atoms with Crippen LogP contribution >= 0.6 is 0 Å². The Morgan fingerprint density at radius 2 is 2.00 bits per heavy atom. The van der Waals surface area contributed by atoms with Crippen LogP contribution in [0.15, 0.2) is 12.5 Å². The van der Waals surface area contributed by atoms with Crippen LogP contribution in [0.2, 0.25) is 0 Å². The minimum atomic E-state index is 0.916. The fraction of sp³-hybridized carbons (Fsp3) is 0.769. The molecule has 18 heavy (non-hydrogen) atoms. The van der Waals surface area contributed by atoms with Crippen LogP contribution in [0.4, 0.5) is 0 Å². The number of imidazole rings is 1. The number of likely N-dealkylation sites (N-methyl/N-ethyl adjacent to an activating group) is 1. The first-order valence-electron chi connectivity index (χ1n) is 6.82. The summed E-state index contributed by atoms with van der Waals surface area (Å²) in [5, 5.41) is 3.48. The van der Waals surface area contributed by atoms with E-state index in [1.54, 1.807) is 0 Å². The molecule has 1 N–H and O–H groups in total. The Bertz CT molecular complexity index is 341. The number of nitrogens with one attached hydrogen (secondary N) is 1. The summed E-state index contributed by atoms with van der Waals surface area (Å²) in [4.78, 5) is 9.07. The van der Waals surface area contributed by atoms with E-state index in [9.17, 15) is 0 Å². The quantitative estimate of drug-likeness (QED) is 0.730. The van der Waals surface area contributed by atoms with Gasteiger partial charge in [-0.05, 0) is 26.6 Å². The third-order valence-electron chi connectivity index (χ3n) is 3.65. The lowest BCUT2D eigenvalue weighted by Crippen LogP contribution is -2.45. The molecule has 1 aliphatic heterocycles. The van der Waals surface area contributed by atoms with Crippen LogP contribution in [0.5, 0.6) is 0 Å². The summed E-state index contributed by atoms with van der Waals surface area (Å²) in [6.45, 7) is 8.07. The van der Waals surface area contributed by atoms with Gasteiger partial charge in [-0.15, -0.1) is 0 Å². The van der Waals surface area contributed by atoms with E-state index in [1.165, 1.54) is 44.8 Å². The lowest BCUT2D eigenvalue weighted by molar-refractivity contribution is 0.152. The van der Waals surface area contributed by atoms with E-state index in [-0.39, 0.29) is 0 Å². The van der Waals surface area contributed by atoms with Crippen LogP contribution in [-0.4, -0.2) is 65.7 Å². The van der Waals surface area contributed by atoms with E-state index < -0.39 is 0 Å². The van der Waals surface area contributed by atoms with Crippen LogP contribution in [0.1, 0.15) is 12.1 Å². The average Bonchev–Trinajstić information content (AvgIpc) is 2.77. The third-order valence-corrected chi connectivity index (χ3v) is 3.65. The van der Waals surface area contributed by atoms with E-state index in [1.807, 2.05) is 19.6 Å². The first-order chi connectivity index (χ1) is 8.75. The van der Waals surface area contributed by atoms with Crippen LogP contribution < -0.4 is 5.32 Å². The SMILES string of the molecule is CN1CCN(CCCNCc2cncn2C)CC1. The van der Waals surface area contributed by atoms with Crippen molar-refractivity contribution < 1.29 is 0 Å². The standard InChI is InChI=1S/C13H25N5/c1-16-6-8-18(9-7-16)5-3-4-14-10-13-11-15-12-17(13)2/h11-12,14H,3-10H2,1-2H3. The highest BCUT2D eigenvalue weighted by atomic mass is 15.2. The molecule has 0 saturated carbocycles. The van der Waals surface area contributed by atoms with Crippen molar-refractivity contribution in [3.05, 3.63) is 18.2 Å². The van der Waals surface area contributed by atoms with E-state index in [4.69, 9.17) is 0 Å². The Balaban J connectivity index is 1.53. The maximum Gasteiger partial charge on any atom is 0.0945 e. The normalized spacial score (nSPS) is 18.3. The Kier molecular flexibility index (Phi) is 5.16. The summed E-state index contributed by atoms with van der Waals surface area (Å²) in [5.74, 6) is 0. The average molecular weight is 251 g/mol. The van der Waals surface area contributed by atoms with Crippen molar-refractivity contribution in [3.8, 4) is 0 Å². The van der Waals surface area contributed by atoms with Gasteiger partial charge in [0.05, 0.1) is 12.0 Å². The van der Waals surface area contributed by atoms with Crippen molar-refractivity contribution in [3.63, 3.8) is 0 Å². The van der Waals surface area contributed by atoms with E-state index in [0.717, 1.165) is 13.1 Å². The topological polar surface area (TPSA) is 36.3 Å². The molecule has 0 spiro atoms. The molecule has 1 saturated heterocycles. The van der Waals surface area contributed by atoms with Crippen LogP contribution in [0.25, 0.3) is 0 Å². The number of rotatable bonds is 6. The molecule has 1 fully saturated rings. The molecule has 1 aromatic rings. The largest absolute Gasteiger partial charge is 0.337 e. The minimum absolute atomic E-state index is 0.916. The summed E-state index contributed by atoms with van der Waals surface area (Å²) >= 11 is 0. The molecular weight excluding hydrogens is 226 g/mol. The van der Waals surface area contributed by atoms with E-state index in [0.29, 0.717) is 0 Å². The second kappa shape index (κ2) is 6.87. The number of aryl methyl sites for hydroxylation is 1. The summed E-state index contributed by atoms with van der Waals surface area (Å²) in [6.07, 6.45) is 5.00. The molecule has 2 heterocycles. The van der Waals surface area contributed by atoms with Crippen molar-refractivity contribution in [2.75, 3.05) is 46.3 Å². The first-order valence-corrected chi connectivity index (χ1v) is 6.82. The highest BCUT2D eigenvalue weighted by molar-refractivity contribution is 4.96. The van der Waals surface area contributed by atoms with E-state index in [2.05, 4.69) is 31.7 Å². The van der Waals surface area contributed by atoms with Gasteiger partial charge in [-0.1, -0.05) is 0 Å². The van der Waals surface area contributed by atoms with Gasteiger partial charge in [-0.2, -0.15) is 0 Å². The van der Waals surface area contributed by atoms with Gasteiger partial charge in [-0.3, -0.25) is 0 Å². The zero-order valence-corrected chi connectivity index (χ0v) is 11.6. The predicted molar refractivity (Wildman–Crippen MR) is 73.5 cm³/mol. The molecule has 0 aromatic carbocycles. The molecule has 1 aromatic heterocycles. The Morgan fingerprint density at radius 1 is 1.22 bits per heavy atom. The molecule has 5 nitrogen and oxygen atoms in total. The van der Waals surface area contributed by atoms with Crippen molar-refractivity contribution in [1.82, 2.24) is 24.7 Å². The Hall–Kier alpha value is -0.910. The molecule has 0 unspecified atom stereocenters. The van der Waals surface area contributed by atoms with Gasteiger partial charge in [0, 0.05) is 46.0 Å². The molecule has 0 amide bonds. The monoisotopic (exact) mass is 251 g/mol. The fourth-order valence-electron chi connectivity index (χ4n) is 2.27.